The predicted octanol–water partition coefficient (Wildman–Crippen LogP) is 19.0. The second-order valence-electron chi connectivity index (χ2n) is 21.9. The average Bonchev–Trinajstić information content (AvgIpc) is 3.18. The highest BCUT2D eigenvalue weighted by atomic mass is 32.2. The van der Waals surface area contributed by atoms with E-state index >= 15 is 0 Å². The van der Waals surface area contributed by atoms with Crippen LogP contribution in [-0.2, 0) is 9.53 Å². The summed E-state index contributed by atoms with van der Waals surface area (Å²) >= 11 is 2.08. The van der Waals surface area contributed by atoms with E-state index in [1.807, 2.05) is 0 Å². The van der Waals surface area contributed by atoms with Gasteiger partial charge in [-0.05, 0) is 83.2 Å². The van der Waals surface area contributed by atoms with Crippen LogP contribution in [0.2, 0.25) is 0 Å². The Bertz CT molecular complexity index is 903. The number of carbonyl (C=O) groups excluding carboxylic acids is 1. The molecule has 3 nitrogen and oxygen atoms in total. The van der Waals surface area contributed by atoms with Crippen LogP contribution in [0.4, 0.5) is 0 Å². The van der Waals surface area contributed by atoms with Crippen molar-refractivity contribution in [3.63, 3.8) is 0 Å². The van der Waals surface area contributed by atoms with Crippen LogP contribution >= 0.6 is 11.8 Å². The number of esters is 1. The van der Waals surface area contributed by atoms with Crippen molar-refractivity contribution in [1.29, 1.82) is 0 Å². The zero-order valence-corrected chi connectivity index (χ0v) is 44.5. The first kappa shape index (κ1) is 59.8. The smallest absolute Gasteiger partial charge is 0.311 e. The third kappa shape index (κ3) is 33.3. The third-order valence-corrected chi connectivity index (χ3v) is 15.1. The molecule has 60 heavy (non-hydrogen) atoms. The lowest BCUT2D eigenvalue weighted by Gasteiger charge is -2.40. The van der Waals surface area contributed by atoms with Gasteiger partial charge in [-0.1, -0.05) is 243 Å². The van der Waals surface area contributed by atoms with Crippen LogP contribution in [0.15, 0.2) is 0 Å². The minimum absolute atomic E-state index is 0.0196. The Morgan fingerprint density at radius 2 is 0.817 bits per heavy atom. The second-order valence-corrected chi connectivity index (χ2v) is 24.3. The Morgan fingerprint density at radius 1 is 0.483 bits per heavy atom. The van der Waals surface area contributed by atoms with Crippen LogP contribution < -0.4 is 0 Å². The fourth-order valence-electron chi connectivity index (χ4n) is 10.6. The first-order valence-corrected chi connectivity index (χ1v) is 28.0. The van der Waals surface area contributed by atoms with Crippen molar-refractivity contribution in [3.8, 4) is 0 Å². The van der Waals surface area contributed by atoms with Crippen molar-refractivity contribution in [1.82, 2.24) is 4.90 Å². The van der Waals surface area contributed by atoms with E-state index in [4.69, 9.17) is 4.74 Å². The lowest BCUT2D eigenvalue weighted by Crippen LogP contribution is -2.38. The molecule has 0 saturated carbocycles. The average molecular weight is 865 g/mol. The molecule has 0 N–H and O–H groups in total. The normalized spacial score (nSPS) is 13.4. The standard InChI is InChI=1S/C56H113NO2S/c1-14-20-38-50(39-21-15-2)42-34-30-26-24-28-32-36-44-52(45-37-33-29-25-27-31-35-43-51(40-22-16-3)41-23-17-4)59-53(58)54(8,9)48-56(12,13)60-55(10,11)46-49(7)47-57(18-5)19-6/h49-52H,14-48H2,1-13H3. The highest BCUT2D eigenvalue weighted by molar-refractivity contribution is 8.01. The largest absolute Gasteiger partial charge is 0.462 e. The van der Waals surface area contributed by atoms with Gasteiger partial charge >= 0.3 is 5.97 Å². The van der Waals surface area contributed by atoms with Crippen molar-refractivity contribution in [2.24, 2.45) is 23.2 Å². The topological polar surface area (TPSA) is 29.5 Å². The van der Waals surface area contributed by atoms with Crippen molar-refractivity contribution < 1.29 is 9.53 Å². The summed E-state index contributed by atoms with van der Waals surface area (Å²) in [5.74, 6) is 2.61. The number of hydrogen-bond donors (Lipinski definition) is 0. The summed E-state index contributed by atoms with van der Waals surface area (Å²) in [6.07, 6.45) is 42.6. The van der Waals surface area contributed by atoms with Crippen LogP contribution in [0.5, 0.6) is 0 Å². The SMILES string of the molecule is CCCCC(CCCC)CCCCCCCCCC(CCCCCCCCCC(CCCC)CCCC)OC(=O)C(C)(C)CC(C)(C)SC(C)(C)CC(C)CN(CC)CC. The molecular weight excluding hydrogens is 751 g/mol. The molecule has 0 aliphatic carbocycles. The minimum Gasteiger partial charge on any atom is -0.462 e. The van der Waals surface area contributed by atoms with Gasteiger partial charge in [0, 0.05) is 16.0 Å². The monoisotopic (exact) mass is 864 g/mol. The summed E-state index contributed by atoms with van der Waals surface area (Å²) in [6, 6.07) is 0. The molecule has 1 atom stereocenters. The molecule has 0 spiro atoms. The van der Waals surface area contributed by atoms with Crippen molar-refractivity contribution in [3.05, 3.63) is 0 Å². The molecule has 0 saturated heterocycles. The van der Waals surface area contributed by atoms with E-state index in [1.165, 1.54) is 186 Å². The molecule has 1 unspecified atom stereocenters. The first-order valence-electron chi connectivity index (χ1n) is 27.2. The molecule has 0 aromatic heterocycles. The molecule has 0 aliphatic heterocycles. The maximum atomic E-state index is 14.0. The van der Waals surface area contributed by atoms with Gasteiger partial charge in [0.25, 0.3) is 0 Å². The van der Waals surface area contributed by atoms with Gasteiger partial charge < -0.3 is 9.64 Å². The molecule has 360 valence electrons. The van der Waals surface area contributed by atoms with E-state index in [0.717, 1.165) is 50.7 Å². The number of unbranched alkanes of at least 4 members (excludes halogenated alkanes) is 16. The van der Waals surface area contributed by atoms with Crippen LogP contribution in [0.3, 0.4) is 0 Å². The molecular formula is C56H113NO2S. The molecule has 0 rings (SSSR count). The summed E-state index contributed by atoms with van der Waals surface area (Å²) in [5.41, 5.74) is -0.504. The summed E-state index contributed by atoms with van der Waals surface area (Å²) < 4.78 is 6.68. The quantitative estimate of drug-likeness (QED) is 0.0451. The van der Waals surface area contributed by atoms with Crippen LogP contribution in [0.25, 0.3) is 0 Å². The number of ether oxygens (including phenoxy) is 1. The van der Waals surface area contributed by atoms with Crippen LogP contribution in [0, 0.1) is 23.2 Å². The van der Waals surface area contributed by atoms with Crippen molar-refractivity contribution >= 4 is 17.7 Å². The maximum absolute atomic E-state index is 14.0. The molecule has 0 heterocycles. The number of nitrogens with zero attached hydrogens (tertiary/aromatic N) is 1. The van der Waals surface area contributed by atoms with Crippen molar-refractivity contribution in [2.75, 3.05) is 19.6 Å². The third-order valence-electron chi connectivity index (χ3n) is 13.7. The number of carbonyl (C=O) groups is 1. The Kier molecular flexibility index (Phi) is 36.9. The van der Waals surface area contributed by atoms with Crippen LogP contribution in [0.1, 0.15) is 295 Å². The lowest BCUT2D eigenvalue weighted by molar-refractivity contribution is -0.161. The summed E-state index contributed by atoms with van der Waals surface area (Å²) in [6.45, 7) is 33.5. The summed E-state index contributed by atoms with van der Waals surface area (Å²) in [4.78, 5) is 16.6. The van der Waals surface area contributed by atoms with Gasteiger partial charge in [0.2, 0.25) is 0 Å². The Balaban J connectivity index is 5.10. The Morgan fingerprint density at radius 3 is 1.17 bits per heavy atom. The van der Waals surface area contributed by atoms with E-state index in [1.54, 1.807) is 0 Å². The number of hydrogen-bond acceptors (Lipinski definition) is 4. The zero-order chi connectivity index (χ0) is 45.1. The molecule has 0 aliphatic rings. The molecule has 4 heteroatoms. The molecule has 0 fully saturated rings. The van der Waals surface area contributed by atoms with Crippen LogP contribution in [-0.4, -0.2) is 46.1 Å². The fourth-order valence-corrected chi connectivity index (χ4v) is 12.9. The van der Waals surface area contributed by atoms with E-state index in [0.29, 0.717) is 5.92 Å². The zero-order valence-electron chi connectivity index (χ0n) is 43.7. The van der Waals surface area contributed by atoms with Gasteiger partial charge in [-0.25, -0.2) is 0 Å². The molecule has 0 bridgehead atoms. The summed E-state index contributed by atoms with van der Waals surface area (Å²) in [7, 11) is 0. The number of thioether (sulfide) groups is 1. The van der Waals surface area contributed by atoms with E-state index in [-0.39, 0.29) is 21.6 Å². The summed E-state index contributed by atoms with van der Waals surface area (Å²) in [5, 5.41) is 0. The highest BCUT2D eigenvalue weighted by Crippen LogP contribution is 2.46. The van der Waals surface area contributed by atoms with E-state index in [9.17, 15) is 4.79 Å². The van der Waals surface area contributed by atoms with Crippen molar-refractivity contribution in [2.45, 2.75) is 311 Å². The molecule has 0 amide bonds. The van der Waals surface area contributed by atoms with Gasteiger partial charge in [-0.15, -0.1) is 11.8 Å². The van der Waals surface area contributed by atoms with E-state index in [2.05, 4.69) is 107 Å². The maximum Gasteiger partial charge on any atom is 0.311 e. The van der Waals surface area contributed by atoms with Gasteiger partial charge in [0.1, 0.15) is 6.10 Å². The van der Waals surface area contributed by atoms with Gasteiger partial charge in [-0.3, -0.25) is 4.79 Å². The molecule has 0 aromatic carbocycles. The lowest BCUT2D eigenvalue weighted by atomic mass is 9.83. The fraction of sp³-hybridized carbons (Fsp3) is 0.982. The van der Waals surface area contributed by atoms with E-state index < -0.39 is 5.41 Å². The molecule has 0 aromatic rings. The second kappa shape index (κ2) is 37.0. The van der Waals surface area contributed by atoms with Gasteiger partial charge in [-0.2, -0.15) is 0 Å². The molecule has 0 radical (unpaired) electrons. The first-order chi connectivity index (χ1) is 28.6. The Hall–Kier alpha value is -0.220. The van der Waals surface area contributed by atoms with Gasteiger partial charge in [0.05, 0.1) is 5.41 Å². The number of rotatable bonds is 44. The predicted molar refractivity (Wildman–Crippen MR) is 274 cm³/mol. The highest BCUT2D eigenvalue weighted by Gasteiger charge is 2.40. The minimum atomic E-state index is -0.504. The van der Waals surface area contributed by atoms with Gasteiger partial charge in [0.15, 0.2) is 0 Å². The Labute approximate surface area is 384 Å².